The summed E-state index contributed by atoms with van der Waals surface area (Å²) in [5, 5.41) is 3.79. The molecule has 1 rings (SSSR count). The molecule has 0 bridgehead atoms. The average molecular weight is 212 g/mol. The molecule has 0 aromatic rings. The van der Waals surface area contributed by atoms with Crippen LogP contribution in [0.5, 0.6) is 0 Å². The lowest BCUT2D eigenvalue weighted by Gasteiger charge is -2.37. The molecule has 0 radical (unpaired) electrons. The summed E-state index contributed by atoms with van der Waals surface area (Å²) in [5.41, 5.74) is 0.315. The van der Waals surface area contributed by atoms with E-state index in [4.69, 9.17) is 0 Å². The molecule has 0 aliphatic heterocycles. The zero-order chi connectivity index (χ0) is 11.5. The van der Waals surface area contributed by atoms with Crippen molar-refractivity contribution in [3.63, 3.8) is 0 Å². The van der Waals surface area contributed by atoms with Crippen molar-refractivity contribution in [3.8, 4) is 0 Å². The summed E-state index contributed by atoms with van der Waals surface area (Å²) in [6.07, 6.45) is 6.59. The van der Waals surface area contributed by atoms with Crippen LogP contribution in [0, 0.1) is 0 Å². The Labute approximate surface area is 95.4 Å². The lowest BCUT2D eigenvalue weighted by atomic mass is 9.88. The second kappa shape index (κ2) is 5.31. The van der Waals surface area contributed by atoms with Gasteiger partial charge in [-0.3, -0.25) is 0 Å². The van der Waals surface area contributed by atoms with Gasteiger partial charge in [-0.2, -0.15) is 0 Å². The predicted molar refractivity (Wildman–Crippen MR) is 67.2 cm³/mol. The first-order valence-electron chi connectivity index (χ1n) is 6.38. The lowest BCUT2D eigenvalue weighted by Crippen LogP contribution is -2.48. The van der Waals surface area contributed by atoms with E-state index in [-0.39, 0.29) is 0 Å². The summed E-state index contributed by atoms with van der Waals surface area (Å²) < 4.78 is 0. The fourth-order valence-corrected chi connectivity index (χ4v) is 2.39. The fourth-order valence-electron chi connectivity index (χ4n) is 2.39. The first-order chi connectivity index (χ1) is 6.94. The molecule has 0 saturated heterocycles. The second-order valence-corrected chi connectivity index (χ2v) is 5.85. The van der Waals surface area contributed by atoms with Crippen LogP contribution in [0.1, 0.15) is 52.9 Å². The van der Waals surface area contributed by atoms with Crippen molar-refractivity contribution in [2.45, 2.75) is 70.5 Å². The minimum absolute atomic E-state index is 0.315. The summed E-state index contributed by atoms with van der Waals surface area (Å²) in [5.74, 6) is 0. The van der Waals surface area contributed by atoms with Crippen LogP contribution in [0.15, 0.2) is 0 Å². The van der Waals surface area contributed by atoms with E-state index >= 15 is 0 Å². The molecule has 1 fully saturated rings. The number of hydrogen-bond acceptors (Lipinski definition) is 2. The predicted octanol–water partition coefficient (Wildman–Crippen LogP) is 2.64. The van der Waals surface area contributed by atoms with E-state index in [1.807, 2.05) is 0 Å². The summed E-state index contributed by atoms with van der Waals surface area (Å²) in [6.45, 7) is 6.88. The molecule has 2 heteroatoms. The van der Waals surface area contributed by atoms with Gasteiger partial charge in [0.2, 0.25) is 0 Å². The van der Waals surface area contributed by atoms with E-state index in [1.165, 1.54) is 32.1 Å². The van der Waals surface area contributed by atoms with Gasteiger partial charge in [-0.25, -0.2) is 0 Å². The molecule has 0 aromatic heterocycles. The normalized spacial score (nSPS) is 28.4. The molecule has 1 aliphatic carbocycles. The topological polar surface area (TPSA) is 15.3 Å². The molecule has 1 N–H and O–H groups in total. The van der Waals surface area contributed by atoms with Crippen LogP contribution in [0.2, 0.25) is 0 Å². The Morgan fingerprint density at radius 1 is 1.13 bits per heavy atom. The van der Waals surface area contributed by atoms with Crippen molar-refractivity contribution < 1.29 is 0 Å². The summed E-state index contributed by atoms with van der Waals surface area (Å²) in [4.78, 5) is 2.38. The van der Waals surface area contributed by atoms with Crippen molar-refractivity contribution in [3.05, 3.63) is 0 Å². The molecule has 0 aromatic carbocycles. The minimum atomic E-state index is 0.315. The summed E-state index contributed by atoms with van der Waals surface area (Å²) >= 11 is 0. The Hall–Kier alpha value is -0.0800. The molecule has 15 heavy (non-hydrogen) atoms. The van der Waals surface area contributed by atoms with Gasteiger partial charge in [0.25, 0.3) is 0 Å². The number of nitrogens with one attached hydrogen (secondary N) is 1. The molecule has 90 valence electrons. The van der Waals surface area contributed by atoms with Gasteiger partial charge in [-0.15, -0.1) is 0 Å². The first kappa shape index (κ1) is 13.0. The van der Waals surface area contributed by atoms with Crippen molar-refractivity contribution in [2.24, 2.45) is 0 Å². The van der Waals surface area contributed by atoms with Gasteiger partial charge >= 0.3 is 0 Å². The maximum Gasteiger partial charge on any atom is 0.0125 e. The maximum atomic E-state index is 3.79. The van der Waals surface area contributed by atoms with Gasteiger partial charge in [-0.05, 0) is 60.0 Å². The molecule has 1 aliphatic rings. The minimum Gasteiger partial charge on any atom is -0.309 e. The third-order valence-electron chi connectivity index (χ3n) is 3.91. The van der Waals surface area contributed by atoms with Crippen LogP contribution in [0.25, 0.3) is 0 Å². The standard InChI is InChI=1S/C13H28N2/c1-6-13(2,3)14-11-7-9-12(10-8-11)15(4)5/h11-12,14H,6-10H2,1-5H3/t11-,12-. The highest BCUT2D eigenvalue weighted by Crippen LogP contribution is 2.23. The second-order valence-electron chi connectivity index (χ2n) is 5.85. The molecule has 1 saturated carbocycles. The molecule has 0 heterocycles. The van der Waals surface area contributed by atoms with Crippen LogP contribution in [-0.4, -0.2) is 36.6 Å². The quantitative estimate of drug-likeness (QED) is 0.770. The maximum absolute atomic E-state index is 3.79. The van der Waals surface area contributed by atoms with E-state index in [9.17, 15) is 0 Å². The highest BCUT2D eigenvalue weighted by atomic mass is 15.1. The van der Waals surface area contributed by atoms with E-state index < -0.39 is 0 Å². The molecule has 2 nitrogen and oxygen atoms in total. The van der Waals surface area contributed by atoms with E-state index in [1.54, 1.807) is 0 Å². The molecule has 0 unspecified atom stereocenters. The van der Waals surface area contributed by atoms with Crippen molar-refractivity contribution in [2.75, 3.05) is 14.1 Å². The fraction of sp³-hybridized carbons (Fsp3) is 1.00. The zero-order valence-corrected chi connectivity index (χ0v) is 11.1. The average Bonchev–Trinajstić information content (AvgIpc) is 2.18. The number of nitrogens with zero attached hydrogens (tertiary/aromatic N) is 1. The lowest BCUT2D eigenvalue weighted by molar-refractivity contribution is 0.185. The van der Waals surface area contributed by atoms with Crippen molar-refractivity contribution >= 4 is 0 Å². The Bertz CT molecular complexity index is 179. The van der Waals surface area contributed by atoms with Gasteiger partial charge < -0.3 is 10.2 Å². The van der Waals surface area contributed by atoms with E-state index in [0.29, 0.717) is 5.54 Å². The van der Waals surface area contributed by atoms with Gasteiger partial charge in [0.05, 0.1) is 0 Å². The summed E-state index contributed by atoms with van der Waals surface area (Å²) in [7, 11) is 4.41. The molecule has 0 amide bonds. The zero-order valence-electron chi connectivity index (χ0n) is 11.1. The van der Waals surface area contributed by atoms with Crippen molar-refractivity contribution in [1.29, 1.82) is 0 Å². The van der Waals surface area contributed by atoms with Crippen LogP contribution in [0.3, 0.4) is 0 Å². The molecular weight excluding hydrogens is 184 g/mol. The van der Waals surface area contributed by atoms with Gasteiger partial charge in [0, 0.05) is 17.6 Å². The van der Waals surface area contributed by atoms with Gasteiger partial charge in [0.1, 0.15) is 0 Å². The summed E-state index contributed by atoms with van der Waals surface area (Å²) in [6, 6.07) is 1.56. The third kappa shape index (κ3) is 4.12. The smallest absolute Gasteiger partial charge is 0.0125 e. The number of hydrogen-bond donors (Lipinski definition) is 1. The Morgan fingerprint density at radius 2 is 1.67 bits per heavy atom. The Balaban J connectivity index is 2.32. The van der Waals surface area contributed by atoms with Gasteiger partial charge in [-0.1, -0.05) is 6.92 Å². The third-order valence-corrected chi connectivity index (χ3v) is 3.91. The molecular formula is C13H28N2. The van der Waals surface area contributed by atoms with Crippen LogP contribution in [0.4, 0.5) is 0 Å². The highest BCUT2D eigenvalue weighted by Gasteiger charge is 2.26. The van der Waals surface area contributed by atoms with Gasteiger partial charge in [0.15, 0.2) is 0 Å². The van der Waals surface area contributed by atoms with Crippen LogP contribution < -0.4 is 5.32 Å². The highest BCUT2D eigenvalue weighted by molar-refractivity contribution is 4.86. The van der Waals surface area contributed by atoms with Crippen LogP contribution in [-0.2, 0) is 0 Å². The Kier molecular flexibility index (Phi) is 4.60. The number of rotatable bonds is 4. The van der Waals surface area contributed by atoms with E-state index in [2.05, 4.69) is 45.1 Å². The van der Waals surface area contributed by atoms with Crippen LogP contribution >= 0.6 is 0 Å². The van der Waals surface area contributed by atoms with Crippen molar-refractivity contribution in [1.82, 2.24) is 10.2 Å². The largest absolute Gasteiger partial charge is 0.309 e. The SMILES string of the molecule is CCC(C)(C)N[C@H]1CC[C@H](N(C)C)CC1. The molecule has 0 spiro atoms. The molecule has 0 atom stereocenters. The Morgan fingerprint density at radius 3 is 2.07 bits per heavy atom. The first-order valence-corrected chi connectivity index (χ1v) is 6.38. The monoisotopic (exact) mass is 212 g/mol. The van der Waals surface area contributed by atoms with E-state index in [0.717, 1.165) is 12.1 Å².